The van der Waals surface area contributed by atoms with Crippen molar-refractivity contribution in [2.45, 2.75) is 47.5 Å². The Balaban J connectivity index is 2.11. The molecular weight excluding hydrogens is 588 g/mol. The van der Waals surface area contributed by atoms with Crippen LogP contribution in [-0.2, 0) is 0 Å². The van der Waals surface area contributed by atoms with Gasteiger partial charge in [-0.15, -0.1) is 0 Å². The van der Waals surface area contributed by atoms with E-state index in [4.69, 9.17) is 0 Å². The normalized spacial score (nSPS) is 18.0. The summed E-state index contributed by atoms with van der Waals surface area (Å²) >= 11 is 0. The van der Waals surface area contributed by atoms with Crippen LogP contribution >= 0.6 is 0 Å². The molecule has 0 N–H and O–H groups in total. The van der Waals surface area contributed by atoms with Crippen molar-refractivity contribution >= 4 is 11.1 Å². The predicted molar refractivity (Wildman–Crippen MR) is 130 cm³/mol. The molecule has 3 aromatic carbocycles. The molecule has 12 heteroatoms. The van der Waals surface area contributed by atoms with E-state index in [0.29, 0.717) is 0 Å². The first-order valence-electron chi connectivity index (χ1n) is 12.3. The molecule has 0 saturated heterocycles. The van der Waals surface area contributed by atoms with Gasteiger partial charge in [0.05, 0.1) is 11.1 Å². The minimum atomic E-state index is -1.87. The first-order valence-corrected chi connectivity index (χ1v) is 12.3. The standard InChI is InChI=1S/C30H20F12/c1-7(16-25(37)19(31)10(4)20(32)26(16)38)13-14(8(2)17-27(39)21(33)11(5)22(34)28(17)40)15(13)9(3)18-29(41)23(35)12(6)24(36)30(18)42/h7,13H,1-6H3/b14-8+,15-9?/t7-,13?/m1/s1. The van der Waals surface area contributed by atoms with Gasteiger partial charge in [-0.3, -0.25) is 0 Å². The number of hydrogen-bond donors (Lipinski definition) is 0. The number of hydrogen-bond acceptors (Lipinski definition) is 0. The third-order valence-corrected chi connectivity index (χ3v) is 7.82. The van der Waals surface area contributed by atoms with Crippen molar-refractivity contribution in [1.82, 2.24) is 0 Å². The van der Waals surface area contributed by atoms with Crippen LogP contribution in [0.1, 0.15) is 60.1 Å². The highest BCUT2D eigenvalue weighted by Crippen LogP contribution is 2.60. The molecule has 1 aliphatic carbocycles. The van der Waals surface area contributed by atoms with E-state index in [1.54, 1.807) is 0 Å². The summed E-state index contributed by atoms with van der Waals surface area (Å²) < 4.78 is 176. The molecule has 1 aliphatic rings. The van der Waals surface area contributed by atoms with E-state index in [-0.39, 0.29) is 11.1 Å². The fraction of sp³-hybridized carbons (Fsp3) is 0.267. The molecule has 0 radical (unpaired) electrons. The molecule has 2 atom stereocenters. The Bertz CT molecular complexity index is 1580. The zero-order valence-electron chi connectivity index (χ0n) is 22.7. The van der Waals surface area contributed by atoms with Gasteiger partial charge in [0, 0.05) is 28.2 Å². The monoisotopic (exact) mass is 608 g/mol. The summed E-state index contributed by atoms with van der Waals surface area (Å²) in [5.41, 5.74) is -8.79. The van der Waals surface area contributed by atoms with Gasteiger partial charge in [0.2, 0.25) is 0 Å². The minimum absolute atomic E-state index is 0.388. The molecule has 224 valence electrons. The maximum absolute atomic E-state index is 14.9. The summed E-state index contributed by atoms with van der Waals surface area (Å²) in [5.74, 6) is -25.1. The van der Waals surface area contributed by atoms with E-state index in [2.05, 4.69) is 0 Å². The molecule has 0 heterocycles. The maximum atomic E-state index is 14.9. The van der Waals surface area contributed by atoms with Gasteiger partial charge in [0.1, 0.15) is 0 Å². The van der Waals surface area contributed by atoms with Crippen molar-refractivity contribution in [2.75, 3.05) is 0 Å². The van der Waals surface area contributed by atoms with Gasteiger partial charge in [-0.2, -0.15) is 0 Å². The largest absolute Gasteiger partial charge is 0.203 e. The molecule has 1 fully saturated rings. The molecule has 3 aromatic rings. The summed E-state index contributed by atoms with van der Waals surface area (Å²) in [7, 11) is 0. The second kappa shape index (κ2) is 10.5. The minimum Gasteiger partial charge on any atom is -0.203 e. The number of benzene rings is 3. The van der Waals surface area contributed by atoms with Crippen molar-refractivity contribution in [3.05, 3.63) is 114 Å². The summed E-state index contributed by atoms with van der Waals surface area (Å²) in [6.45, 7) is 5.12. The zero-order chi connectivity index (χ0) is 31.9. The molecule has 4 rings (SSSR count). The Morgan fingerprint density at radius 3 is 0.929 bits per heavy atom. The summed E-state index contributed by atoms with van der Waals surface area (Å²) in [6.07, 6.45) is 0. The molecular formula is C30H20F12. The third kappa shape index (κ3) is 4.32. The fourth-order valence-electron chi connectivity index (χ4n) is 5.35. The lowest BCUT2D eigenvalue weighted by atomic mass is 9.91. The second-order valence-electron chi connectivity index (χ2n) is 10.2. The highest BCUT2D eigenvalue weighted by molar-refractivity contribution is 5.89. The first-order chi connectivity index (χ1) is 19.4. The van der Waals surface area contributed by atoms with Crippen LogP contribution in [-0.4, -0.2) is 0 Å². The van der Waals surface area contributed by atoms with Crippen LogP contribution in [0.2, 0.25) is 0 Å². The van der Waals surface area contributed by atoms with Crippen molar-refractivity contribution < 1.29 is 52.7 Å². The second-order valence-corrected chi connectivity index (χ2v) is 10.2. The molecule has 0 bridgehead atoms. The van der Waals surface area contributed by atoms with Crippen LogP contribution in [0.3, 0.4) is 0 Å². The van der Waals surface area contributed by atoms with Crippen LogP contribution in [0.25, 0.3) is 11.1 Å². The molecule has 1 unspecified atom stereocenters. The van der Waals surface area contributed by atoms with E-state index in [1.807, 2.05) is 0 Å². The van der Waals surface area contributed by atoms with Crippen LogP contribution in [0.5, 0.6) is 0 Å². The van der Waals surface area contributed by atoms with E-state index in [0.717, 1.165) is 41.5 Å². The summed E-state index contributed by atoms with van der Waals surface area (Å²) in [4.78, 5) is 0. The van der Waals surface area contributed by atoms with Crippen molar-refractivity contribution in [3.63, 3.8) is 0 Å². The van der Waals surface area contributed by atoms with Gasteiger partial charge in [0.25, 0.3) is 0 Å². The van der Waals surface area contributed by atoms with Crippen molar-refractivity contribution in [3.8, 4) is 0 Å². The average Bonchev–Trinajstić information content (AvgIpc) is 3.71. The topological polar surface area (TPSA) is 0 Å². The molecule has 0 nitrogen and oxygen atoms in total. The molecule has 1 saturated carbocycles. The quantitative estimate of drug-likeness (QED) is 0.204. The van der Waals surface area contributed by atoms with E-state index < -0.39 is 126 Å². The zero-order valence-corrected chi connectivity index (χ0v) is 22.7. The maximum Gasteiger partial charge on any atom is 0.169 e. The van der Waals surface area contributed by atoms with Gasteiger partial charge in [-0.05, 0) is 62.8 Å². The molecule has 0 spiro atoms. The molecule has 0 amide bonds. The number of rotatable bonds is 4. The van der Waals surface area contributed by atoms with Gasteiger partial charge in [-0.25, -0.2) is 52.7 Å². The highest BCUT2D eigenvalue weighted by atomic mass is 19.2. The smallest absolute Gasteiger partial charge is 0.169 e. The Kier molecular flexibility index (Phi) is 7.84. The Morgan fingerprint density at radius 1 is 0.429 bits per heavy atom. The van der Waals surface area contributed by atoms with Gasteiger partial charge >= 0.3 is 0 Å². The lowest BCUT2D eigenvalue weighted by Crippen LogP contribution is -2.11. The number of allylic oxidation sites excluding steroid dienone is 4. The predicted octanol–water partition coefficient (Wildman–Crippen LogP) is 9.96. The Morgan fingerprint density at radius 2 is 0.667 bits per heavy atom. The van der Waals surface area contributed by atoms with Crippen LogP contribution in [0.15, 0.2) is 11.1 Å². The van der Waals surface area contributed by atoms with Gasteiger partial charge < -0.3 is 0 Å². The lowest BCUT2D eigenvalue weighted by molar-refractivity contribution is 0.418. The number of halogens is 12. The van der Waals surface area contributed by atoms with Crippen molar-refractivity contribution in [2.24, 2.45) is 5.92 Å². The van der Waals surface area contributed by atoms with E-state index >= 15 is 0 Å². The fourth-order valence-corrected chi connectivity index (χ4v) is 5.35. The summed E-state index contributed by atoms with van der Waals surface area (Å²) in [5, 5.41) is 0. The first kappa shape index (κ1) is 31.2. The SMILES string of the molecule is CC(=C1/C(=C(\C)c2c(F)c(F)c(C)c(F)c2F)C1[C@@H](C)c1c(F)c(F)c(C)c(F)c1F)c1c(F)c(F)c(C)c(F)c1F. The lowest BCUT2D eigenvalue weighted by Gasteiger charge is -2.16. The van der Waals surface area contributed by atoms with Crippen LogP contribution in [0.4, 0.5) is 52.7 Å². The average molecular weight is 608 g/mol. The van der Waals surface area contributed by atoms with Gasteiger partial charge in [0.15, 0.2) is 69.8 Å². The molecule has 42 heavy (non-hydrogen) atoms. The van der Waals surface area contributed by atoms with Crippen LogP contribution < -0.4 is 0 Å². The Hall–Kier alpha value is -3.70. The highest BCUT2D eigenvalue weighted by Gasteiger charge is 2.49. The third-order valence-electron chi connectivity index (χ3n) is 7.82. The molecule has 0 aliphatic heterocycles. The van der Waals surface area contributed by atoms with Crippen molar-refractivity contribution in [1.29, 1.82) is 0 Å². The van der Waals surface area contributed by atoms with Crippen LogP contribution in [0, 0.1) is 96.5 Å². The van der Waals surface area contributed by atoms with Gasteiger partial charge in [-0.1, -0.05) is 6.92 Å². The Labute approximate surface area is 232 Å². The van der Waals surface area contributed by atoms with E-state index in [9.17, 15) is 52.7 Å². The molecule has 0 aromatic heterocycles. The summed E-state index contributed by atoms with van der Waals surface area (Å²) in [6, 6.07) is 0. The van der Waals surface area contributed by atoms with E-state index in [1.165, 1.54) is 0 Å².